The van der Waals surface area contributed by atoms with Crippen molar-refractivity contribution >= 4 is 39.7 Å². The van der Waals surface area contributed by atoms with Gasteiger partial charge in [-0.25, -0.2) is 13.6 Å². The van der Waals surface area contributed by atoms with Gasteiger partial charge < -0.3 is 19.1 Å². The Balaban J connectivity index is 2.10. The lowest BCUT2D eigenvalue weighted by Crippen LogP contribution is -2.27. The topological polar surface area (TPSA) is 99.6 Å². The maximum atomic E-state index is 14.2. The average molecular weight is 625 g/mol. The summed E-state index contributed by atoms with van der Waals surface area (Å²) in [4.78, 5) is 17.8. The number of rotatable bonds is 5. The molecule has 0 saturated carbocycles. The molecule has 2 heterocycles. The van der Waals surface area contributed by atoms with E-state index in [1.54, 1.807) is 76.3 Å². The third-order valence-corrected chi connectivity index (χ3v) is 6.71. The summed E-state index contributed by atoms with van der Waals surface area (Å²) < 4.78 is 44.1. The largest absolute Gasteiger partial charge is 0.465 e. The SMILES string of the molecule is CCOc1nc2c(C(O)(I)c3cc(F)cc(F)c3)cc(-c3c(C)noc3C)cc2n1C(=O)OC(C)(C)C. The Morgan fingerprint density at radius 1 is 1.14 bits per heavy atom. The Labute approximate surface area is 225 Å². The van der Waals surface area contributed by atoms with Crippen molar-refractivity contribution in [1.82, 2.24) is 14.7 Å². The summed E-state index contributed by atoms with van der Waals surface area (Å²) >= 11 is 1.70. The number of ether oxygens (including phenoxy) is 2. The fourth-order valence-corrected chi connectivity index (χ4v) is 4.78. The second-order valence-corrected chi connectivity index (χ2v) is 11.1. The third-order valence-electron chi connectivity index (χ3n) is 5.50. The molecule has 4 rings (SSSR count). The molecule has 0 aliphatic carbocycles. The molecule has 4 aromatic rings. The van der Waals surface area contributed by atoms with Crippen LogP contribution in [-0.2, 0) is 8.34 Å². The van der Waals surface area contributed by atoms with Crippen molar-refractivity contribution in [2.75, 3.05) is 6.61 Å². The molecular weight excluding hydrogens is 599 g/mol. The van der Waals surface area contributed by atoms with Crippen molar-refractivity contribution in [1.29, 1.82) is 0 Å². The quantitative estimate of drug-likeness (QED) is 0.203. The maximum absolute atomic E-state index is 14.2. The summed E-state index contributed by atoms with van der Waals surface area (Å²) in [5.41, 5.74) is 1.51. The number of halogens is 3. The number of aromatic nitrogens is 3. The molecule has 0 fully saturated rings. The molecule has 196 valence electrons. The Morgan fingerprint density at radius 3 is 2.32 bits per heavy atom. The second-order valence-electron chi connectivity index (χ2n) is 9.51. The molecule has 1 N–H and O–H groups in total. The number of hydrogen-bond donors (Lipinski definition) is 1. The maximum Gasteiger partial charge on any atom is 0.423 e. The van der Waals surface area contributed by atoms with Gasteiger partial charge in [-0.15, -0.1) is 0 Å². The number of aliphatic hydroxyl groups is 1. The predicted molar refractivity (Wildman–Crippen MR) is 141 cm³/mol. The van der Waals surface area contributed by atoms with Gasteiger partial charge in [-0.3, -0.25) is 0 Å². The lowest BCUT2D eigenvalue weighted by molar-refractivity contribution is 0.0527. The minimum absolute atomic E-state index is 0.0485. The normalized spacial score (nSPS) is 13.6. The highest BCUT2D eigenvalue weighted by atomic mass is 127. The number of benzene rings is 2. The van der Waals surface area contributed by atoms with E-state index < -0.39 is 26.9 Å². The van der Waals surface area contributed by atoms with Crippen molar-refractivity contribution in [2.24, 2.45) is 0 Å². The third kappa shape index (κ3) is 5.19. The number of carbonyl (C=O) groups is 1. The number of nitrogens with zero attached hydrogens (tertiary/aromatic N) is 3. The first-order valence-corrected chi connectivity index (χ1v) is 12.5. The summed E-state index contributed by atoms with van der Waals surface area (Å²) in [5.74, 6) is -1.19. The van der Waals surface area contributed by atoms with Crippen LogP contribution < -0.4 is 4.74 Å². The fourth-order valence-electron chi connectivity index (χ4n) is 4.06. The van der Waals surface area contributed by atoms with Crippen molar-refractivity contribution in [3.05, 3.63) is 64.5 Å². The van der Waals surface area contributed by atoms with Gasteiger partial charge in [0.25, 0.3) is 0 Å². The van der Waals surface area contributed by atoms with Crippen LogP contribution in [-0.4, -0.2) is 38.1 Å². The summed E-state index contributed by atoms with van der Waals surface area (Å²) in [6.45, 7) is 10.6. The van der Waals surface area contributed by atoms with Gasteiger partial charge in [-0.05, 0) is 94.0 Å². The number of fused-ring (bicyclic) bond motifs is 1. The van der Waals surface area contributed by atoms with Crippen LogP contribution in [0.4, 0.5) is 13.6 Å². The Bertz CT molecular complexity index is 1460. The molecule has 11 heteroatoms. The predicted octanol–water partition coefficient (Wildman–Crippen LogP) is 6.40. The van der Waals surface area contributed by atoms with Gasteiger partial charge in [0.1, 0.15) is 28.5 Å². The van der Waals surface area contributed by atoms with E-state index in [0.29, 0.717) is 22.6 Å². The molecule has 2 aromatic heterocycles. The standard InChI is InChI=1S/C26H26F2IN3O5/c1-7-35-23-30-22-19(26(29,34)16-10-17(27)12-18(28)11-16)8-15(21-13(2)31-37-14(21)3)9-20(22)32(23)24(33)36-25(4,5)6/h8-12,34H,7H2,1-6H3. The first-order valence-electron chi connectivity index (χ1n) is 11.5. The van der Waals surface area contributed by atoms with Crippen molar-refractivity contribution in [3.8, 4) is 17.1 Å². The Kier molecular flexibility index (Phi) is 7.06. The van der Waals surface area contributed by atoms with Crippen molar-refractivity contribution in [3.63, 3.8) is 0 Å². The summed E-state index contributed by atoms with van der Waals surface area (Å²) in [5, 5.41) is 15.7. The van der Waals surface area contributed by atoms with E-state index in [9.17, 15) is 18.7 Å². The lowest BCUT2D eigenvalue weighted by atomic mass is 9.94. The van der Waals surface area contributed by atoms with E-state index >= 15 is 0 Å². The minimum atomic E-state index is -1.95. The number of carbonyl (C=O) groups excluding carboxylic acids is 1. The van der Waals surface area contributed by atoms with Crippen LogP contribution in [0.5, 0.6) is 6.01 Å². The molecule has 0 amide bonds. The molecule has 1 unspecified atom stereocenters. The monoisotopic (exact) mass is 625 g/mol. The number of aryl methyl sites for hydroxylation is 2. The van der Waals surface area contributed by atoms with Crippen LogP contribution in [0.2, 0.25) is 0 Å². The van der Waals surface area contributed by atoms with Crippen molar-refractivity contribution in [2.45, 2.75) is 50.8 Å². The second kappa shape index (κ2) is 9.67. The first kappa shape index (κ1) is 27.0. The van der Waals surface area contributed by atoms with Crippen LogP contribution in [0, 0.1) is 25.5 Å². The molecule has 8 nitrogen and oxygen atoms in total. The van der Waals surface area contributed by atoms with E-state index in [1.165, 1.54) is 4.57 Å². The highest BCUT2D eigenvalue weighted by Crippen LogP contribution is 2.44. The summed E-state index contributed by atoms with van der Waals surface area (Å²) in [6.07, 6.45) is -0.742. The Hall–Kier alpha value is -3.06. The zero-order valence-corrected chi connectivity index (χ0v) is 23.3. The molecule has 1 atom stereocenters. The molecule has 0 aliphatic heterocycles. The zero-order chi connectivity index (χ0) is 27.3. The van der Waals surface area contributed by atoms with E-state index in [2.05, 4.69) is 10.1 Å². The van der Waals surface area contributed by atoms with Gasteiger partial charge in [0.15, 0.2) is 3.61 Å². The number of alkyl halides is 1. The highest BCUT2D eigenvalue weighted by molar-refractivity contribution is 14.1. The smallest absolute Gasteiger partial charge is 0.423 e. The number of hydrogen-bond acceptors (Lipinski definition) is 7. The van der Waals surface area contributed by atoms with Crippen molar-refractivity contribution < 1.29 is 32.7 Å². The summed E-state index contributed by atoms with van der Waals surface area (Å²) in [6, 6.07) is 6.06. The molecule has 37 heavy (non-hydrogen) atoms. The van der Waals surface area contributed by atoms with Gasteiger partial charge in [0.05, 0.1) is 17.8 Å². The molecule has 2 aromatic carbocycles. The molecular formula is C26H26F2IN3O5. The van der Waals surface area contributed by atoms with Crippen LogP contribution in [0.15, 0.2) is 34.9 Å². The molecule has 0 aliphatic rings. The van der Waals surface area contributed by atoms with Crippen LogP contribution >= 0.6 is 22.6 Å². The van der Waals surface area contributed by atoms with E-state index in [4.69, 9.17) is 14.0 Å². The van der Waals surface area contributed by atoms with E-state index in [-0.39, 0.29) is 34.8 Å². The van der Waals surface area contributed by atoms with Gasteiger partial charge in [0.2, 0.25) is 0 Å². The molecule has 0 spiro atoms. The van der Waals surface area contributed by atoms with Crippen LogP contribution in [0.3, 0.4) is 0 Å². The number of imidazole rings is 1. The Morgan fingerprint density at radius 2 is 1.78 bits per heavy atom. The van der Waals surface area contributed by atoms with Gasteiger partial charge in [0, 0.05) is 22.8 Å². The molecule has 0 bridgehead atoms. The summed E-state index contributed by atoms with van der Waals surface area (Å²) in [7, 11) is 0. The average Bonchev–Trinajstić information content (AvgIpc) is 3.30. The molecule has 0 radical (unpaired) electrons. The zero-order valence-electron chi connectivity index (χ0n) is 21.1. The first-order chi connectivity index (χ1) is 17.2. The fraction of sp³-hybridized carbons (Fsp3) is 0.346. The van der Waals surface area contributed by atoms with Gasteiger partial charge >= 0.3 is 12.1 Å². The minimum Gasteiger partial charge on any atom is -0.465 e. The van der Waals surface area contributed by atoms with E-state index in [1.807, 2.05) is 0 Å². The highest BCUT2D eigenvalue weighted by Gasteiger charge is 2.35. The lowest BCUT2D eigenvalue weighted by Gasteiger charge is -2.24. The van der Waals surface area contributed by atoms with Crippen LogP contribution in [0.25, 0.3) is 22.2 Å². The van der Waals surface area contributed by atoms with Gasteiger partial charge in [-0.1, -0.05) is 5.16 Å². The molecule has 0 saturated heterocycles. The van der Waals surface area contributed by atoms with E-state index in [0.717, 1.165) is 18.2 Å². The van der Waals surface area contributed by atoms with Gasteiger partial charge in [-0.2, -0.15) is 9.55 Å². The van der Waals surface area contributed by atoms with Crippen LogP contribution in [0.1, 0.15) is 50.3 Å².